The van der Waals surface area contributed by atoms with Gasteiger partial charge in [-0.3, -0.25) is 0 Å². The number of halogens is 5. The van der Waals surface area contributed by atoms with Crippen LogP contribution in [0.5, 0.6) is 5.75 Å². The van der Waals surface area contributed by atoms with Gasteiger partial charge in [-0.05, 0) is 35.9 Å². The highest BCUT2D eigenvalue weighted by molar-refractivity contribution is 5.85. The summed E-state index contributed by atoms with van der Waals surface area (Å²) in [6.07, 6.45) is -7.37. The summed E-state index contributed by atoms with van der Waals surface area (Å²) in [4.78, 5) is 14.6. The van der Waals surface area contributed by atoms with Crippen molar-refractivity contribution in [3.8, 4) is 22.8 Å². The maximum Gasteiger partial charge on any atom is 0.499 e. The Kier molecular flexibility index (Phi) is 5.54. The van der Waals surface area contributed by atoms with Gasteiger partial charge in [-0.2, -0.15) is 22.0 Å². The molecule has 0 bridgehead atoms. The number of aromatic nitrogens is 3. The van der Waals surface area contributed by atoms with Crippen LogP contribution >= 0.6 is 0 Å². The van der Waals surface area contributed by atoms with Crippen molar-refractivity contribution in [1.82, 2.24) is 14.8 Å². The van der Waals surface area contributed by atoms with Gasteiger partial charge in [0.2, 0.25) is 0 Å². The molecule has 6 nitrogen and oxygen atoms in total. The minimum atomic E-state index is -5.83. The van der Waals surface area contributed by atoms with Crippen LogP contribution in [0.15, 0.2) is 60.9 Å². The predicted octanol–water partition coefficient (Wildman–Crippen LogP) is 4.57. The van der Waals surface area contributed by atoms with E-state index in [-0.39, 0.29) is 0 Å². The molecule has 0 aliphatic carbocycles. The lowest BCUT2D eigenvalue weighted by Crippen LogP contribution is -2.41. The average molecular weight is 425 g/mol. The summed E-state index contributed by atoms with van der Waals surface area (Å²) in [5, 5.41) is 12.8. The molecule has 2 aromatic carbocycles. The van der Waals surface area contributed by atoms with Crippen LogP contribution in [0.4, 0.5) is 22.0 Å². The number of ether oxygens (including phenoxy) is 1. The largest absolute Gasteiger partial charge is 0.499 e. The Bertz CT molecular complexity index is 1060. The second-order valence-corrected chi connectivity index (χ2v) is 5.92. The molecule has 0 aliphatic heterocycles. The molecule has 1 N–H and O–H groups in total. The van der Waals surface area contributed by atoms with E-state index in [1.54, 1.807) is 24.3 Å². The average Bonchev–Trinajstić information content (AvgIpc) is 3.16. The topological polar surface area (TPSA) is 77.2 Å². The number of carbonyl (C=O) groups is 1. The zero-order chi connectivity index (χ0) is 21.9. The molecule has 0 aliphatic rings. The van der Waals surface area contributed by atoms with Crippen molar-refractivity contribution >= 4 is 12.0 Å². The number of rotatable bonds is 6. The fourth-order valence-electron chi connectivity index (χ4n) is 2.30. The van der Waals surface area contributed by atoms with E-state index in [4.69, 9.17) is 5.11 Å². The highest BCUT2D eigenvalue weighted by Gasteiger charge is 2.61. The van der Waals surface area contributed by atoms with Gasteiger partial charge < -0.3 is 9.84 Å². The molecular formula is C19H12F5N3O3. The minimum Gasteiger partial charge on any atom is -0.478 e. The van der Waals surface area contributed by atoms with E-state index < -0.39 is 24.0 Å². The van der Waals surface area contributed by atoms with Crippen molar-refractivity contribution in [2.75, 3.05) is 0 Å². The Labute approximate surface area is 165 Å². The van der Waals surface area contributed by atoms with E-state index >= 15 is 0 Å². The first-order valence-electron chi connectivity index (χ1n) is 8.22. The van der Waals surface area contributed by atoms with Crippen LogP contribution < -0.4 is 4.74 Å². The van der Waals surface area contributed by atoms with E-state index in [2.05, 4.69) is 14.8 Å². The second kappa shape index (κ2) is 7.93. The van der Waals surface area contributed by atoms with Gasteiger partial charge >= 0.3 is 18.3 Å². The van der Waals surface area contributed by atoms with E-state index in [1.807, 2.05) is 0 Å². The van der Waals surface area contributed by atoms with E-state index in [9.17, 15) is 26.7 Å². The van der Waals surface area contributed by atoms with Crippen molar-refractivity contribution < 1.29 is 36.6 Å². The van der Waals surface area contributed by atoms with Crippen LogP contribution in [0.2, 0.25) is 0 Å². The number of carboxylic acid groups (broad SMARTS) is 1. The molecule has 0 saturated carbocycles. The van der Waals surface area contributed by atoms with Crippen LogP contribution in [0.1, 0.15) is 5.56 Å². The normalized spacial score (nSPS) is 12.3. The Morgan fingerprint density at radius 3 is 2.20 bits per heavy atom. The zero-order valence-electron chi connectivity index (χ0n) is 14.8. The number of carboxylic acids is 1. The van der Waals surface area contributed by atoms with Gasteiger partial charge in [0.15, 0.2) is 5.82 Å². The van der Waals surface area contributed by atoms with E-state index in [0.29, 0.717) is 22.6 Å². The number of aliphatic carboxylic acids is 1. The molecule has 0 radical (unpaired) electrons. The third kappa shape index (κ3) is 4.80. The highest BCUT2D eigenvalue weighted by atomic mass is 19.4. The lowest BCUT2D eigenvalue weighted by Gasteiger charge is -2.20. The fourth-order valence-corrected chi connectivity index (χ4v) is 2.30. The van der Waals surface area contributed by atoms with Crippen molar-refractivity contribution in [3.63, 3.8) is 0 Å². The van der Waals surface area contributed by atoms with Crippen molar-refractivity contribution in [2.45, 2.75) is 12.3 Å². The third-order valence-electron chi connectivity index (χ3n) is 3.76. The van der Waals surface area contributed by atoms with Crippen molar-refractivity contribution in [3.05, 3.63) is 66.5 Å². The molecule has 0 spiro atoms. The van der Waals surface area contributed by atoms with E-state index in [1.165, 1.54) is 29.2 Å². The van der Waals surface area contributed by atoms with Gasteiger partial charge in [0, 0.05) is 11.6 Å². The minimum absolute atomic E-state index is 0.327. The van der Waals surface area contributed by atoms with Crippen LogP contribution in [-0.4, -0.2) is 38.1 Å². The van der Waals surface area contributed by atoms with Gasteiger partial charge in [-0.15, -0.1) is 5.10 Å². The molecule has 0 atom stereocenters. The maximum absolute atomic E-state index is 12.9. The lowest BCUT2D eigenvalue weighted by molar-refractivity contribution is -0.360. The summed E-state index contributed by atoms with van der Waals surface area (Å²) in [6, 6.07) is 11.1. The molecule has 156 valence electrons. The summed E-state index contributed by atoms with van der Waals surface area (Å²) >= 11 is 0. The molecular weight excluding hydrogens is 413 g/mol. The second-order valence-electron chi connectivity index (χ2n) is 5.92. The number of hydrogen-bond donors (Lipinski definition) is 1. The Hall–Kier alpha value is -3.76. The van der Waals surface area contributed by atoms with Gasteiger partial charge in [0.25, 0.3) is 0 Å². The standard InChI is InChI=1S/C19H12F5N3O3/c20-18(21,22)19(23,24)30-15-8-6-14(7-9-15)27-11-25-17(26-27)13-4-1-12(2-5-13)3-10-16(28)29/h1-11H,(H,28,29). The summed E-state index contributed by atoms with van der Waals surface area (Å²) in [7, 11) is 0. The SMILES string of the molecule is O=C(O)C=Cc1ccc(-c2ncn(-c3ccc(OC(F)(F)C(F)(F)F)cc3)n2)cc1. The highest BCUT2D eigenvalue weighted by Crippen LogP contribution is 2.37. The van der Waals surface area contributed by atoms with Crippen LogP contribution in [0.3, 0.4) is 0 Å². The molecule has 0 saturated heterocycles. The Balaban J connectivity index is 1.74. The predicted molar refractivity (Wildman–Crippen MR) is 95.1 cm³/mol. The zero-order valence-corrected chi connectivity index (χ0v) is 14.8. The summed E-state index contributed by atoms with van der Waals surface area (Å²) in [5.41, 5.74) is 1.65. The molecule has 0 amide bonds. The number of alkyl halides is 5. The summed E-state index contributed by atoms with van der Waals surface area (Å²) in [6.45, 7) is 0. The number of nitrogens with zero attached hydrogens (tertiary/aromatic N) is 3. The van der Waals surface area contributed by atoms with Crippen LogP contribution in [0.25, 0.3) is 23.2 Å². The van der Waals surface area contributed by atoms with Crippen LogP contribution in [-0.2, 0) is 4.79 Å². The molecule has 0 fully saturated rings. The number of hydrogen-bond acceptors (Lipinski definition) is 4. The number of benzene rings is 2. The molecule has 3 aromatic rings. The quantitative estimate of drug-likeness (QED) is 0.463. The first-order chi connectivity index (χ1) is 14.0. The molecule has 0 unspecified atom stereocenters. The first-order valence-corrected chi connectivity index (χ1v) is 8.22. The maximum atomic E-state index is 12.9. The van der Waals surface area contributed by atoms with Gasteiger partial charge in [0.1, 0.15) is 12.1 Å². The Morgan fingerprint density at radius 1 is 1.00 bits per heavy atom. The fraction of sp³-hybridized carbons (Fsp3) is 0.105. The van der Waals surface area contributed by atoms with Crippen LogP contribution in [0, 0.1) is 0 Å². The van der Waals surface area contributed by atoms with E-state index in [0.717, 1.165) is 18.2 Å². The smallest absolute Gasteiger partial charge is 0.478 e. The molecule has 30 heavy (non-hydrogen) atoms. The van der Waals surface area contributed by atoms with Gasteiger partial charge in [0.05, 0.1) is 5.69 Å². The van der Waals surface area contributed by atoms with Gasteiger partial charge in [-0.25, -0.2) is 14.5 Å². The Morgan fingerprint density at radius 2 is 1.63 bits per heavy atom. The summed E-state index contributed by atoms with van der Waals surface area (Å²) in [5.74, 6) is -1.41. The molecule has 1 heterocycles. The monoisotopic (exact) mass is 425 g/mol. The van der Waals surface area contributed by atoms with Crippen molar-refractivity contribution in [2.24, 2.45) is 0 Å². The van der Waals surface area contributed by atoms with Crippen molar-refractivity contribution in [1.29, 1.82) is 0 Å². The molecule has 1 aromatic heterocycles. The molecule has 11 heteroatoms. The first kappa shape index (κ1) is 21.0. The lowest BCUT2D eigenvalue weighted by atomic mass is 10.1. The molecule has 3 rings (SSSR count). The van der Waals surface area contributed by atoms with Gasteiger partial charge in [-0.1, -0.05) is 24.3 Å². The summed E-state index contributed by atoms with van der Waals surface area (Å²) < 4.78 is 67.5. The third-order valence-corrected chi connectivity index (χ3v) is 3.76.